The number of rotatable bonds is 4. The van der Waals surface area contributed by atoms with Gasteiger partial charge in [-0.25, -0.2) is 0 Å². The third kappa shape index (κ3) is 3.63. The predicted octanol–water partition coefficient (Wildman–Crippen LogP) is 2.67. The van der Waals surface area contributed by atoms with Crippen LogP contribution < -0.4 is 10.2 Å². The molecule has 1 aliphatic rings. The quantitative estimate of drug-likeness (QED) is 0.870. The highest BCUT2D eigenvalue weighted by molar-refractivity contribution is 6.34. The second kappa shape index (κ2) is 7.27. The first-order valence-electron chi connectivity index (χ1n) is 7.60. The number of anilines is 1. The van der Waals surface area contributed by atoms with E-state index in [0.717, 1.165) is 0 Å². The van der Waals surface area contributed by atoms with Crippen molar-refractivity contribution in [2.45, 2.75) is 12.5 Å². The molecule has 0 spiro atoms. The highest BCUT2D eigenvalue weighted by Gasteiger charge is 2.33. The summed E-state index contributed by atoms with van der Waals surface area (Å²) in [7, 11) is 0. The number of halogens is 1. The maximum atomic E-state index is 12.5. The Morgan fingerprint density at radius 1 is 1.25 bits per heavy atom. The number of benzene rings is 1. The Morgan fingerprint density at radius 2 is 2.04 bits per heavy atom. The van der Waals surface area contributed by atoms with Crippen LogP contribution in [0.3, 0.4) is 0 Å². The van der Waals surface area contributed by atoms with Crippen LogP contribution in [0.2, 0.25) is 5.02 Å². The third-order valence-corrected chi connectivity index (χ3v) is 4.08. The maximum Gasteiger partial charge on any atom is 0.249 e. The number of aromatic nitrogens is 1. The molecule has 0 aliphatic carbocycles. The zero-order chi connectivity index (χ0) is 16.9. The lowest BCUT2D eigenvalue weighted by atomic mass is 10.2. The summed E-state index contributed by atoms with van der Waals surface area (Å²) < 4.78 is 0. The van der Waals surface area contributed by atoms with Gasteiger partial charge in [0.25, 0.3) is 0 Å². The van der Waals surface area contributed by atoms with E-state index in [4.69, 9.17) is 11.6 Å². The standard InChI is InChI=1S/C18H16ClN3O2/c19-14-6-1-2-7-16(14)22-12-10-15(18(22)24)21-17(23)9-8-13-5-3-4-11-20-13/h1-9,11,15H,10,12H2,(H,21,23). The van der Waals surface area contributed by atoms with Gasteiger partial charge >= 0.3 is 0 Å². The van der Waals surface area contributed by atoms with E-state index in [2.05, 4.69) is 10.3 Å². The van der Waals surface area contributed by atoms with Crippen LogP contribution >= 0.6 is 11.6 Å². The Morgan fingerprint density at radius 3 is 2.79 bits per heavy atom. The van der Waals surface area contributed by atoms with Gasteiger partial charge in [0, 0.05) is 18.8 Å². The van der Waals surface area contributed by atoms with Crippen LogP contribution in [0.5, 0.6) is 0 Å². The first-order valence-corrected chi connectivity index (χ1v) is 7.98. The molecule has 1 N–H and O–H groups in total. The molecule has 1 aliphatic heterocycles. The lowest BCUT2D eigenvalue weighted by Gasteiger charge is -2.18. The summed E-state index contributed by atoms with van der Waals surface area (Å²) in [6, 6.07) is 12.1. The van der Waals surface area contributed by atoms with Crippen LogP contribution in [-0.4, -0.2) is 29.4 Å². The molecule has 5 nitrogen and oxygen atoms in total. The van der Waals surface area contributed by atoms with Crippen LogP contribution in [0.25, 0.3) is 6.08 Å². The van der Waals surface area contributed by atoms with Crippen LogP contribution in [0.4, 0.5) is 5.69 Å². The van der Waals surface area contributed by atoms with Crippen molar-refractivity contribution in [2.75, 3.05) is 11.4 Å². The second-order valence-corrected chi connectivity index (χ2v) is 5.79. The first kappa shape index (κ1) is 16.2. The Labute approximate surface area is 145 Å². The van der Waals surface area contributed by atoms with Crippen LogP contribution in [-0.2, 0) is 9.59 Å². The first-order chi connectivity index (χ1) is 11.6. The van der Waals surface area contributed by atoms with E-state index in [1.165, 1.54) is 6.08 Å². The van der Waals surface area contributed by atoms with Gasteiger partial charge in [0.1, 0.15) is 6.04 Å². The summed E-state index contributed by atoms with van der Waals surface area (Å²) in [4.78, 5) is 30.2. The van der Waals surface area contributed by atoms with E-state index in [-0.39, 0.29) is 11.8 Å². The smallest absolute Gasteiger partial charge is 0.249 e. The zero-order valence-electron chi connectivity index (χ0n) is 12.9. The van der Waals surface area contributed by atoms with Gasteiger partial charge in [-0.05, 0) is 36.8 Å². The Bertz CT molecular complexity index is 777. The van der Waals surface area contributed by atoms with Crippen molar-refractivity contribution in [3.8, 4) is 0 Å². The Hall–Kier alpha value is -2.66. The van der Waals surface area contributed by atoms with Gasteiger partial charge < -0.3 is 10.2 Å². The topological polar surface area (TPSA) is 62.3 Å². The summed E-state index contributed by atoms with van der Waals surface area (Å²) in [5.41, 5.74) is 1.35. The molecule has 0 saturated carbocycles. The fourth-order valence-electron chi connectivity index (χ4n) is 2.58. The van der Waals surface area contributed by atoms with Crippen molar-refractivity contribution in [2.24, 2.45) is 0 Å². The maximum absolute atomic E-state index is 12.5. The van der Waals surface area contributed by atoms with Gasteiger partial charge in [-0.15, -0.1) is 0 Å². The number of amides is 2. The molecule has 1 aromatic heterocycles. The molecule has 1 unspecified atom stereocenters. The summed E-state index contributed by atoms with van der Waals surface area (Å²) >= 11 is 6.14. The summed E-state index contributed by atoms with van der Waals surface area (Å²) in [5.74, 6) is -0.470. The minimum Gasteiger partial charge on any atom is -0.341 e. The third-order valence-electron chi connectivity index (χ3n) is 3.76. The van der Waals surface area contributed by atoms with Crippen LogP contribution in [0.15, 0.2) is 54.7 Å². The van der Waals surface area contributed by atoms with Gasteiger partial charge in [-0.2, -0.15) is 0 Å². The largest absolute Gasteiger partial charge is 0.341 e. The number of para-hydroxylation sites is 1. The molecule has 1 fully saturated rings. The van der Waals surface area contributed by atoms with E-state index in [0.29, 0.717) is 29.4 Å². The molecule has 2 heterocycles. The van der Waals surface area contributed by atoms with Gasteiger partial charge in [0.2, 0.25) is 11.8 Å². The molecule has 0 radical (unpaired) electrons. The highest BCUT2D eigenvalue weighted by atomic mass is 35.5. The molecular formula is C18H16ClN3O2. The zero-order valence-corrected chi connectivity index (χ0v) is 13.6. The monoisotopic (exact) mass is 341 g/mol. The van der Waals surface area contributed by atoms with E-state index in [9.17, 15) is 9.59 Å². The molecule has 24 heavy (non-hydrogen) atoms. The number of hydrogen-bond acceptors (Lipinski definition) is 3. The lowest BCUT2D eigenvalue weighted by molar-refractivity contribution is -0.123. The fourth-order valence-corrected chi connectivity index (χ4v) is 2.82. The molecule has 2 amide bonds. The normalized spacial score (nSPS) is 17.5. The van der Waals surface area contributed by atoms with Crippen molar-refractivity contribution in [3.05, 3.63) is 65.5 Å². The predicted molar refractivity (Wildman–Crippen MR) is 93.6 cm³/mol. The molecule has 6 heteroatoms. The number of carbonyl (C=O) groups excluding carboxylic acids is 2. The minimum absolute atomic E-state index is 0.150. The van der Waals surface area contributed by atoms with Gasteiger partial charge in [-0.1, -0.05) is 29.8 Å². The van der Waals surface area contributed by atoms with Gasteiger partial charge in [0.15, 0.2) is 0 Å². The van der Waals surface area contributed by atoms with Crippen LogP contribution in [0, 0.1) is 0 Å². The molecule has 1 saturated heterocycles. The van der Waals surface area contributed by atoms with Crippen molar-refractivity contribution < 1.29 is 9.59 Å². The van der Waals surface area contributed by atoms with E-state index < -0.39 is 6.04 Å². The highest BCUT2D eigenvalue weighted by Crippen LogP contribution is 2.28. The Kier molecular flexibility index (Phi) is 4.91. The molecule has 1 aromatic carbocycles. The van der Waals surface area contributed by atoms with Crippen molar-refractivity contribution in [1.29, 1.82) is 0 Å². The number of carbonyl (C=O) groups is 2. The summed E-state index contributed by atoms with van der Waals surface area (Å²) in [6.45, 7) is 0.525. The SMILES string of the molecule is O=C(C=Cc1ccccn1)NC1CCN(c2ccccc2Cl)C1=O. The van der Waals surface area contributed by atoms with Gasteiger partial charge in [-0.3, -0.25) is 14.6 Å². The fraction of sp³-hybridized carbons (Fsp3) is 0.167. The van der Waals surface area contributed by atoms with E-state index >= 15 is 0 Å². The molecular weight excluding hydrogens is 326 g/mol. The number of hydrogen-bond donors (Lipinski definition) is 1. The summed E-state index contributed by atoms with van der Waals surface area (Å²) in [6.07, 6.45) is 5.20. The van der Waals surface area contributed by atoms with Crippen molar-refractivity contribution in [3.63, 3.8) is 0 Å². The minimum atomic E-state index is -0.540. The molecule has 122 valence electrons. The average molecular weight is 342 g/mol. The number of pyridine rings is 1. The Balaban J connectivity index is 1.63. The second-order valence-electron chi connectivity index (χ2n) is 5.38. The van der Waals surface area contributed by atoms with Crippen molar-refractivity contribution in [1.82, 2.24) is 10.3 Å². The van der Waals surface area contributed by atoms with E-state index in [1.54, 1.807) is 41.4 Å². The molecule has 1 atom stereocenters. The molecule has 3 rings (SSSR count). The van der Waals surface area contributed by atoms with E-state index in [1.807, 2.05) is 18.2 Å². The molecule has 2 aromatic rings. The van der Waals surface area contributed by atoms with Gasteiger partial charge in [0.05, 0.1) is 16.4 Å². The van der Waals surface area contributed by atoms with Crippen LogP contribution in [0.1, 0.15) is 12.1 Å². The lowest BCUT2D eigenvalue weighted by Crippen LogP contribution is -2.40. The molecule has 0 bridgehead atoms. The number of nitrogens with one attached hydrogen (secondary N) is 1. The summed E-state index contributed by atoms with van der Waals surface area (Å²) in [5, 5.41) is 3.25. The number of nitrogens with zero attached hydrogens (tertiary/aromatic N) is 2. The average Bonchev–Trinajstić information content (AvgIpc) is 2.95. The van der Waals surface area contributed by atoms with Crippen molar-refractivity contribution >= 4 is 35.2 Å².